The van der Waals surface area contributed by atoms with Crippen molar-refractivity contribution in [2.24, 2.45) is 5.92 Å². The molecule has 0 radical (unpaired) electrons. The molecule has 1 rings (SSSR count). The third kappa shape index (κ3) is 4.40. The van der Waals surface area contributed by atoms with Gasteiger partial charge >= 0.3 is 5.97 Å². The summed E-state index contributed by atoms with van der Waals surface area (Å²) in [4.78, 5) is 26.0. The standard InChI is InChI=1S/C12H16N2O4/c1-8(2)7-18-9-4-3-5-13-11(9)12(17)14-6-10(15)16/h3-5,8H,6-7H2,1-2H3,(H,14,17)(H,15,16). The Hall–Kier alpha value is -2.11. The molecule has 1 amide bonds. The highest BCUT2D eigenvalue weighted by Crippen LogP contribution is 2.15. The van der Waals surface area contributed by atoms with Crippen LogP contribution < -0.4 is 10.1 Å². The van der Waals surface area contributed by atoms with E-state index in [1.165, 1.54) is 6.20 Å². The van der Waals surface area contributed by atoms with Gasteiger partial charge in [-0.05, 0) is 18.1 Å². The van der Waals surface area contributed by atoms with E-state index in [0.29, 0.717) is 18.3 Å². The highest BCUT2D eigenvalue weighted by Gasteiger charge is 2.14. The monoisotopic (exact) mass is 252 g/mol. The minimum absolute atomic E-state index is 0.0967. The molecule has 98 valence electrons. The highest BCUT2D eigenvalue weighted by molar-refractivity contribution is 5.96. The third-order valence-electron chi connectivity index (χ3n) is 1.96. The predicted octanol–water partition coefficient (Wildman–Crippen LogP) is 0.931. The molecule has 0 aliphatic carbocycles. The minimum Gasteiger partial charge on any atom is -0.491 e. The van der Waals surface area contributed by atoms with Gasteiger partial charge in [-0.1, -0.05) is 13.8 Å². The highest BCUT2D eigenvalue weighted by atomic mass is 16.5. The molecule has 18 heavy (non-hydrogen) atoms. The van der Waals surface area contributed by atoms with E-state index < -0.39 is 18.4 Å². The van der Waals surface area contributed by atoms with Crippen molar-refractivity contribution in [2.75, 3.05) is 13.2 Å². The largest absolute Gasteiger partial charge is 0.491 e. The fourth-order valence-electron chi connectivity index (χ4n) is 1.17. The normalized spacial score (nSPS) is 10.2. The van der Waals surface area contributed by atoms with Gasteiger partial charge in [0.15, 0.2) is 11.4 Å². The number of hydrogen-bond donors (Lipinski definition) is 2. The Balaban J connectivity index is 2.74. The second-order valence-corrected chi connectivity index (χ2v) is 4.13. The van der Waals surface area contributed by atoms with E-state index in [1.807, 2.05) is 13.8 Å². The first-order valence-corrected chi connectivity index (χ1v) is 5.58. The molecule has 6 heteroatoms. The van der Waals surface area contributed by atoms with Crippen LogP contribution in [0.15, 0.2) is 18.3 Å². The van der Waals surface area contributed by atoms with Crippen LogP contribution in [0.2, 0.25) is 0 Å². The van der Waals surface area contributed by atoms with E-state index in [1.54, 1.807) is 12.1 Å². The quantitative estimate of drug-likeness (QED) is 0.786. The van der Waals surface area contributed by atoms with Crippen LogP contribution in [0, 0.1) is 5.92 Å². The zero-order valence-corrected chi connectivity index (χ0v) is 10.3. The number of pyridine rings is 1. The van der Waals surface area contributed by atoms with Crippen LogP contribution in [-0.2, 0) is 4.79 Å². The van der Waals surface area contributed by atoms with E-state index >= 15 is 0 Å². The van der Waals surface area contributed by atoms with Gasteiger partial charge in [0.2, 0.25) is 0 Å². The molecular weight excluding hydrogens is 236 g/mol. The summed E-state index contributed by atoms with van der Waals surface area (Å²) in [7, 11) is 0. The Labute approximate surface area is 105 Å². The second-order valence-electron chi connectivity index (χ2n) is 4.13. The van der Waals surface area contributed by atoms with Crippen molar-refractivity contribution in [1.82, 2.24) is 10.3 Å². The molecule has 0 atom stereocenters. The van der Waals surface area contributed by atoms with Crippen LogP contribution in [0.4, 0.5) is 0 Å². The van der Waals surface area contributed by atoms with Gasteiger partial charge in [-0.2, -0.15) is 0 Å². The summed E-state index contributed by atoms with van der Waals surface area (Å²) in [5.74, 6) is -0.991. The zero-order valence-electron chi connectivity index (χ0n) is 10.3. The molecule has 1 heterocycles. The number of nitrogens with one attached hydrogen (secondary N) is 1. The molecule has 0 saturated carbocycles. The lowest BCUT2D eigenvalue weighted by Crippen LogP contribution is -2.30. The summed E-state index contributed by atoms with van der Waals surface area (Å²) in [6.07, 6.45) is 1.46. The number of hydrogen-bond acceptors (Lipinski definition) is 4. The maximum absolute atomic E-state index is 11.7. The van der Waals surface area contributed by atoms with E-state index in [4.69, 9.17) is 9.84 Å². The lowest BCUT2D eigenvalue weighted by Gasteiger charge is -2.11. The molecule has 0 aliphatic heterocycles. The van der Waals surface area contributed by atoms with Crippen LogP contribution in [0.3, 0.4) is 0 Å². The van der Waals surface area contributed by atoms with Gasteiger partial charge in [-0.25, -0.2) is 4.98 Å². The van der Waals surface area contributed by atoms with Gasteiger partial charge < -0.3 is 15.2 Å². The first kappa shape index (κ1) is 14.0. The van der Waals surface area contributed by atoms with Gasteiger partial charge in [0, 0.05) is 6.20 Å². The average Bonchev–Trinajstić information content (AvgIpc) is 2.33. The van der Waals surface area contributed by atoms with Gasteiger partial charge in [-0.15, -0.1) is 0 Å². The second kappa shape index (κ2) is 6.58. The van der Waals surface area contributed by atoms with Crippen molar-refractivity contribution in [2.45, 2.75) is 13.8 Å². The third-order valence-corrected chi connectivity index (χ3v) is 1.96. The Kier molecular flexibility index (Phi) is 5.10. The molecule has 0 spiro atoms. The number of carbonyl (C=O) groups excluding carboxylic acids is 1. The Bertz CT molecular complexity index is 432. The lowest BCUT2D eigenvalue weighted by molar-refractivity contribution is -0.135. The predicted molar refractivity (Wildman–Crippen MR) is 64.5 cm³/mol. The van der Waals surface area contributed by atoms with Gasteiger partial charge in [0.1, 0.15) is 6.54 Å². The van der Waals surface area contributed by atoms with Gasteiger partial charge in [0.05, 0.1) is 6.61 Å². The van der Waals surface area contributed by atoms with Crippen LogP contribution in [0.1, 0.15) is 24.3 Å². The van der Waals surface area contributed by atoms with Crippen LogP contribution in [-0.4, -0.2) is 35.1 Å². The van der Waals surface area contributed by atoms with Crippen molar-refractivity contribution < 1.29 is 19.4 Å². The van der Waals surface area contributed by atoms with Gasteiger partial charge in [-0.3, -0.25) is 9.59 Å². The van der Waals surface area contributed by atoms with Crippen molar-refractivity contribution in [3.63, 3.8) is 0 Å². The Morgan fingerprint density at radius 3 is 2.83 bits per heavy atom. The number of ether oxygens (including phenoxy) is 1. The molecule has 6 nitrogen and oxygen atoms in total. The summed E-state index contributed by atoms with van der Waals surface area (Å²) in [6, 6.07) is 3.29. The van der Waals surface area contributed by atoms with E-state index in [-0.39, 0.29) is 5.69 Å². The van der Waals surface area contributed by atoms with Crippen molar-refractivity contribution >= 4 is 11.9 Å². The topological polar surface area (TPSA) is 88.5 Å². The number of carboxylic acid groups (broad SMARTS) is 1. The SMILES string of the molecule is CC(C)COc1cccnc1C(=O)NCC(=O)O. The molecular formula is C12H16N2O4. The van der Waals surface area contributed by atoms with Crippen LogP contribution >= 0.6 is 0 Å². The Morgan fingerprint density at radius 2 is 2.22 bits per heavy atom. The fourth-order valence-corrected chi connectivity index (χ4v) is 1.17. The van der Waals surface area contributed by atoms with Crippen LogP contribution in [0.25, 0.3) is 0 Å². The summed E-state index contributed by atoms with van der Waals surface area (Å²) in [5, 5.41) is 10.7. The van der Waals surface area contributed by atoms with E-state index in [9.17, 15) is 9.59 Å². The number of rotatable bonds is 6. The molecule has 0 unspecified atom stereocenters. The van der Waals surface area contributed by atoms with Gasteiger partial charge in [0.25, 0.3) is 5.91 Å². The number of amides is 1. The molecule has 0 saturated heterocycles. The first-order valence-electron chi connectivity index (χ1n) is 5.58. The maximum Gasteiger partial charge on any atom is 0.322 e. The average molecular weight is 252 g/mol. The fraction of sp³-hybridized carbons (Fsp3) is 0.417. The first-order chi connectivity index (χ1) is 8.50. The number of aromatic nitrogens is 1. The molecule has 0 aromatic carbocycles. The molecule has 2 N–H and O–H groups in total. The molecule has 0 aliphatic rings. The number of aliphatic carboxylic acids is 1. The molecule has 1 aromatic rings. The molecule has 0 bridgehead atoms. The summed E-state index contributed by atoms with van der Waals surface area (Å²) in [6.45, 7) is 3.99. The summed E-state index contributed by atoms with van der Waals surface area (Å²) in [5.41, 5.74) is 0.0967. The van der Waals surface area contributed by atoms with Crippen molar-refractivity contribution in [3.05, 3.63) is 24.0 Å². The molecule has 0 fully saturated rings. The summed E-state index contributed by atoms with van der Waals surface area (Å²) < 4.78 is 5.46. The number of carbonyl (C=O) groups is 2. The van der Waals surface area contributed by atoms with Crippen LogP contribution in [0.5, 0.6) is 5.75 Å². The number of nitrogens with zero attached hydrogens (tertiary/aromatic N) is 1. The lowest BCUT2D eigenvalue weighted by atomic mass is 10.2. The number of carboxylic acids is 1. The minimum atomic E-state index is -1.11. The van der Waals surface area contributed by atoms with Crippen molar-refractivity contribution in [1.29, 1.82) is 0 Å². The smallest absolute Gasteiger partial charge is 0.322 e. The van der Waals surface area contributed by atoms with E-state index in [2.05, 4.69) is 10.3 Å². The zero-order chi connectivity index (χ0) is 13.5. The maximum atomic E-state index is 11.7. The molecule has 1 aromatic heterocycles. The Morgan fingerprint density at radius 1 is 1.50 bits per heavy atom. The van der Waals surface area contributed by atoms with Crippen molar-refractivity contribution in [3.8, 4) is 5.75 Å². The van der Waals surface area contributed by atoms with E-state index in [0.717, 1.165) is 0 Å². The summed E-state index contributed by atoms with van der Waals surface area (Å²) >= 11 is 0.